The van der Waals surface area contributed by atoms with Crippen molar-refractivity contribution in [3.8, 4) is 0 Å². The van der Waals surface area contributed by atoms with Gasteiger partial charge >= 0.3 is 0 Å². The van der Waals surface area contributed by atoms with E-state index in [-0.39, 0.29) is 0 Å². The van der Waals surface area contributed by atoms with Crippen LogP contribution in [0.25, 0.3) is 0 Å². The van der Waals surface area contributed by atoms with Gasteiger partial charge in [-0.2, -0.15) is 5.10 Å². The first kappa shape index (κ1) is 7.98. The Hall–Kier alpha value is -1.64. The predicted molar refractivity (Wildman–Crippen MR) is 50.4 cm³/mol. The molecule has 0 atom stereocenters. The molecule has 3 heteroatoms. The molecule has 0 fully saturated rings. The van der Waals surface area contributed by atoms with Crippen LogP contribution in [0.2, 0.25) is 0 Å². The quantitative estimate of drug-likeness (QED) is 0.751. The van der Waals surface area contributed by atoms with Crippen molar-refractivity contribution in [2.75, 3.05) is 0 Å². The van der Waals surface area contributed by atoms with Crippen molar-refractivity contribution in [2.24, 2.45) is 0 Å². The van der Waals surface area contributed by atoms with Gasteiger partial charge < -0.3 is 0 Å². The average molecular weight is 173 g/mol. The fourth-order valence-corrected chi connectivity index (χ4v) is 1.25. The van der Waals surface area contributed by atoms with Crippen LogP contribution in [0.15, 0.2) is 30.3 Å². The zero-order chi connectivity index (χ0) is 9.10. The lowest BCUT2D eigenvalue weighted by Crippen LogP contribution is -1.89. The molecule has 0 radical (unpaired) electrons. The van der Waals surface area contributed by atoms with E-state index in [9.17, 15) is 0 Å². The normalized spacial score (nSPS) is 10.2. The Labute approximate surface area is 76.8 Å². The van der Waals surface area contributed by atoms with Crippen molar-refractivity contribution in [3.63, 3.8) is 0 Å². The Morgan fingerprint density at radius 1 is 1.23 bits per heavy atom. The summed E-state index contributed by atoms with van der Waals surface area (Å²) in [5, 5.41) is 6.90. The minimum Gasteiger partial charge on any atom is -0.263 e. The first-order chi connectivity index (χ1) is 6.34. The van der Waals surface area contributed by atoms with Crippen LogP contribution in [0, 0.1) is 6.92 Å². The fraction of sp³-hybridized carbons (Fsp3) is 0.200. The van der Waals surface area contributed by atoms with E-state index in [0.717, 1.165) is 18.1 Å². The summed E-state index contributed by atoms with van der Waals surface area (Å²) < 4.78 is 0. The minimum atomic E-state index is 0.797. The van der Waals surface area contributed by atoms with E-state index in [1.807, 2.05) is 25.1 Å². The molecule has 66 valence electrons. The lowest BCUT2D eigenvalue weighted by molar-refractivity contribution is 0.969. The highest BCUT2D eigenvalue weighted by Gasteiger charge is 1.99. The maximum Gasteiger partial charge on any atom is 0.155 e. The monoisotopic (exact) mass is 173 g/mol. The summed E-state index contributed by atoms with van der Waals surface area (Å²) >= 11 is 0. The second kappa shape index (κ2) is 3.39. The molecular weight excluding hydrogens is 162 g/mol. The Kier molecular flexibility index (Phi) is 2.08. The molecule has 0 saturated heterocycles. The van der Waals surface area contributed by atoms with E-state index < -0.39 is 0 Å². The van der Waals surface area contributed by atoms with Gasteiger partial charge in [-0.05, 0) is 12.5 Å². The van der Waals surface area contributed by atoms with E-state index in [0.29, 0.717) is 0 Å². The number of nitrogens with one attached hydrogen (secondary N) is 1. The van der Waals surface area contributed by atoms with E-state index in [1.165, 1.54) is 5.56 Å². The first-order valence-corrected chi connectivity index (χ1v) is 4.26. The number of hydrogen-bond donors (Lipinski definition) is 1. The molecule has 0 amide bonds. The summed E-state index contributed by atoms with van der Waals surface area (Å²) in [7, 11) is 0. The SMILES string of the molecule is Cc1nc(Cc2ccccc2)n[nH]1. The lowest BCUT2D eigenvalue weighted by Gasteiger charge is -1.94. The van der Waals surface area contributed by atoms with Crippen LogP contribution in [0.3, 0.4) is 0 Å². The lowest BCUT2D eigenvalue weighted by atomic mass is 10.1. The van der Waals surface area contributed by atoms with Crippen molar-refractivity contribution >= 4 is 0 Å². The fourth-order valence-electron chi connectivity index (χ4n) is 1.25. The van der Waals surface area contributed by atoms with Crippen LogP contribution < -0.4 is 0 Å². The van der Waals surface area contributed by atoms with Crippen molar-refractivity contribution in [1.82, 2.24) is 15.2 Å². The van der Waals surface area contributed by atoms with E-state index in [4.69, 9.17) is 0 Å². The van der Waals surface area contributed by atoms with Crippen LogP contribution in [-0.2, 0) is 6.42 Å². The highest BCUT2D eigenvalue weighted by Crippen LogP contribution is 2.04. The second-order valence-electron chi connectivity index (χ2n) is 3.00. The Bertz CT molecular complexity index is 378. The minimum absolute atomic E-state index is 0.797. The van der Waals surface area contributed by atoms with Gasteiger partial charge in [-0.1, -0.05) is 30.3 Å². The summed E-state index contributed by atoms with van der Waals surface area (Å²) in [6.07, 6.45) is 0.797. The molecule has 0 aliphatic carbocycles. The zero-order valence-corrected chi connectivity index (χ0v) is 7.49. The topological polar surface area (TPSA) is 41.6 Å². The van der Waals surface area contributed by atoms with Gasteiger partial charge in [0, 0.05) is 6.42 Å². The molecule has 2 aromatic rings. The van der Waals surface area contributed by atoms with Crippen LogP contribution in [0.4, 0.5) is 0 Å². The van der Waals surface area contributed by atoms with E-state index in [2.05, 4.69) is 27.3 Å². The number of benzene rings is 1. The smallest absolute Gasteiger partial charge is 0.155 e. The van der Waals surface area contributed by atoms with Crippen LogP contribution in [-0.4, -0.2) is 15.2 Å². The summed E-state index contributed by atoms with van der Waals surface area (Å²) in [4.78, 5) is 4.24. The molecule has 1 aromatic heterocycles. The maximum atomic E-state index is 4.24. The van der Waals surface area contributed by atoms with Gasteiger partial charge in [0.1, 0.15) is 5.82 Å². The molecule has 13 heavy (non-hydrogen) atoms. The molecular formula is C10H11N3. The van der Waals surface area contributed by atoms with Crippen molar-refractivity contribution in [3.05, 3.63) is 47.5 Å². The van der Waals surface area contributed by atoms with Crippen molar-refractivity contribution in [1.29, 1.82) is 0 Å². The number of aromatic amines is 1. The van der Waals surface area contributed by atoms with E-state index in [1.54, 1.807) is 0 Å². The molecule has 0 aliphatic rings. The number of aromatic nitrogens is 3. The molecule has 0 unspecified atom stereocenters. The molecule has 1 heterocycles. The molecule has 1 aromatic carbocycles. The van der Waals surface area contributed by atoms with Gasteiger partial charge in [-0.3, -0.25) is 5.10 Å². The summed E-state index contributed by atoms with van der Waals surface area (Å²) in [6.45, 7) is 1.90. The molecule has 0 spiro atoms. The van der Waals surface area contributed by atoms with Gasteiger partial charge in [0.25, 0.3) is 0 Å². The Balaban J connectivity index is 2.15. The summed E-state index contributed by atoms with van der Waals surface area (Å²) in [5.41, 5.74) is 1.24. The number of aryl methyl sites for hydroxylation is 1. The number of rotatable bonds is 2. The highest BCUT2D eigenvalue weighted by atomic mass is 15.2. The number of nitrogens with zero attached hydrogens (tertiary/aromatic N) is 2. The third-order valence-electron chi connectivity index (χ3n) is 1.85. The number of H-pyrrole nitrogens is 1. The van der Waals surface area contributed by atoms with Crippen LogP contribution in [0.5, 0.6) is 0 Å². The molecule has 0 saturated carbocycles. The van der Waals surface area contributed by atoms with Gasteiger partial charge in [-0.25, -0.2) is 4.98 Å². The number of hydrogen-bond acceptors (Lipinski definition) is 2. The molecule has 0 aliphatic heterocycles. The third kappa shape index (κ3) is 1.93. The molecule has 1 N–H and O–H groups in total. The molecule has 0 bridgehead atoms. The van der Waals surface area contributed by atoms with Crippen LogP contribution in [0.1, 0.15) is 17.2 Å². The van der Waals surface area contributed by atoms with Gasteiger partial charge in [-0.15, -0.1) is 0 Å². The Morgan fingerprint density at radius 3 is 2.62 bits per heavy atom. The van der Waals surface area contributed by atoms with Crippen molar-refractivity contribution < 1.29 is 0 Å². The molecule has 3 nitrogen and oxygen atoms in total. The van der Waals surface area contributed by atoms with Gasteiger partial charge in [0.15, 0.2) is 5.82 Å². The largest absolute Gasteiger partial charge is 0.263 e. The third-order valence-corrected chi connectivity index (χ3v) is 1.85. The zero-order valence-electron chi connectivity index (χ0n) is 7.49. The van der Waals surface area contributed by atoms with Gasteiger partial charge in [0.2, 0.25) is 0 Å². The van der Waals surface area contributed by atoms with E-state index >= 15 is 0 Å². The highest BCUT2D eigenvalue weighted by molar-refractivity contribution is 5.18. The van der Waals surface area contributed by atoms with Crippen LogP contribution >= 0.6 is 0 Å². The second-order valence-corrected chi connectivity index (χ2v) is 3.00. The summed E-state index contributed by atoms with van der Waals surface area (Å²) in [6, 6.07) is 10.2. The first-order valence-electron chi connectivity index (χ1n) is 4.26. The van der Waals surface area contributed by atoms with Crippen molar-refractivity contribution in [2.45, 2.75) is 13.3 Å². The summed E-state index contributed by atoms with van der Waals surface area (Å²) in [5.74, 6) is 1.72. The molecule has 2 rings (SSSR count). The maximum absolute atomic E-state index is 4.24. The van der Waals surface area contributed by atoms with Gasteiger partial charge in [0.05, 0.1) is 0 Å². The predicted octanol–water partition coefficient (Wildman–Crippen LogP) is 1.70. The standard InChI is InChI=1S/C10H11N3/c1-8-11-10(13-12-8)7-9-5-3-2-4-6-9/h2-6H,7H2,1H3,(H,11,12,13). The Morgan fingerprint density at radius 2 is 2.00 bits per heavy atom. The average Bonchev–Trinajstić information content (AvgIpc) is 2.53.